The van der Waals surface area contributed by atoms with Gasteiger partial charge in [0, 0.05) is 0 Å². The predicted molar refractivity (Wildman–Crippen MR) is 100 cm³/mol. The fourth-order valence-electron chi connectivity index (χ4n) is 2.03. The summed E-state index contributed by atoms with van der Waals surface area (Å²) in [4.78, 5) is 12.2. The first-order chi connectivity index (χ1) is 13.3. The average Bonchev–Trinajstić information content (AvgIpc) is 2.63. The maximum absolute atomic E-state index is 12.2. The summed E-state index contributed by atoms with van der Waals surface area (Å²) in [6, 6.07) is 9.68. The van der Waals surface area contributed by atoms with E-state index >= 15 is 0 Å². The van der Waals surface area contributed by atoms with E-state index in [1.165, 1.54) is 36.4 Å². The molecule has 0 saturated heterocycles. The van der Waals surface area contributed by atoms with Gasteiger partial charge < -0.3 is 14.6 Å². The van der Waals surface area contributed by atoms with Crippen molar-refractivity contribution in [1.82, 2.24) is 0 Å². The van der Waals surface area contributed by atoms with Crippen LogP contribution in [0.15, 0.2) is 58.4 Å². The third-order valence-corrected chi connectivity index (χ3v) is 3.85. The Morgan fingerprint density at radius 3 is 2.29 bits per heavy atom. The second kappa shape index (κ2) is 10.0. The van der Waals surface area contributed by atoms with E-state index in [2.05, 4.69) is 15.0 Å². The molecule has 0 atom stereocenters. The van der Waals surface area contributed by atoms with Gasteiger partial charge in [-0.1, -0.05) is 29.3 Å². The van der Waals surface area contributed by atoms with E-state index in [4.69, 9.17) is 27.9 Å². The summed E-state index contributed by atoms with van der Waals surface area (Å²) in [5.74, 6) is -1.63. The van der Waals surface area contributed by atoms with Crippen molar-refractivity contribution in [2.45, 2.75) is 13.5 Å². The molecule has 2 aromatic carbocycles. The first-order valence-corrected chi connectivity index (χ1v) is 8.60. The van der Waals surface area contributed by atoms with E-state index in [0.29, 0.717) is 0 Å². The molecule has 0 saturated carbocycles. The molecule has 0 heterocycles. The van der Waals surface area contributed by atoms with E-state index in [0.717, 1.165) is 0 Å². The van der Waals surface area contributed by atoms with Crippen LogP contribution in [-0.4, -0.2) is 24.3 Å². The highest BCUT2D eigenvalue weighted by Crippen LogP contribution is 2.32. The molecule has 2 aromatic rings. The van der Waals surface area contributed by atoms with Crippen LogP contribution in [0.2, 0.25) is 10.0 Å². The number of alkyl halides is 2. The van der Waals surface area contributed by atoms with Crippen LogP contribution >= 0.6 is 23.2 Å². The Labute approximate surface area is 169 Å². The van der Waals surface area contributed by atoms with Crippen LogP contribution in [0.1, 0.15) is 12.5 Å². The van der Waals surface area contributed by atoms with E-state index in [1.54, 1.807) is 13.0 Å². The topological polar surface area (TPSA) is 80.5 Å². The molecule has 2 rings (SSSR count). The van der Waals surface area contributed by atoms with Crippen molar-refractivity contribution in [1.29, 1.82) is 0 Å². The number of aliphatic hydroxyl groups excluding tert-OH is 1. The number of nitrogens with zero attached hydrogens (tertiary/aromatic N) is 2. The van der Waals surface area contributed by atoms with Gasteiger partial charge in [0.1, 0.15) is 5.75 Å². The third kappa shape index (κ3) is 5.64. The molecule has 6 nitrogen and oxygen atoms in total. The minimum Gasteiger partial charge on any atom is -0.505 e. The zero-order chi connectivity index (χ0) is 20.7. The lowest BCUT2D eigenvalue weighted by Gasteiger charge is -2.09. The Balaban J connectivity index is 2.41. The number of hydrogen-bond donors (Lipinski definition) is 1. The van der Waals surface area contributed by atoms with Crippen LogP contribution < -0.4 is 4.74 Å². The standard InChI is InChI=1S/C18H14Cl2F2N2O4/c1-2-27-17(26)15(16(25)14-12(19)4-3-5-13(14)20)24-23-10-6-8-11(9-7-10)28-18(21)22/h3-9,18,25H,2H2,1H3/b16-15+,24-23?. The fourth-order valence-corrected chi connectivity index (χ4v) is 2.61. The van der Waals surface area contributed by atoms with Gasteiger partial charge in [0.2, 0.25) is 5.70 Å². The number of carbonyl (C=O) groups excluding carboxylic acids is 1. The molecule has 0 fully saturated rings. The molecule has 148 valence electrons. The molecular weight excluding hydrogens is 417 g/mol. The van der Waals surface area contributed by atoms with Crippen molar-refractivity contribution in [2.24, 2.45) is 10.2 Å². The minimum absolute atomic E-state index is 0.00600. The minimum atomic E-state index is -2.96. The number of azo groups is 1. The summed E-state index contributed by atoms with van der Waals surface area (Å²) in [6.45, 7) is -1.35. The number of carbonyl (C=O) groups is 1. The lowest BCUT2D eigenvalue weighted by molar-refractivity contribution is -0.138. The van der Waals surface area contributed by atoms with Gasteiger partial charge in [-0.05, 0) is 43.3 Å². The second-order valence-electron chi connectivity index (χ2n) is 5.09. The molecule has 0 unspecified atom stereocenters. The fraction of sp³-hybridized carbons (Fsp3) is 0.167. The first-order valence-electron chi connectivity index (χ1n) is 7.84. The smallest absolute Gasteiger partial charge is 0.387 e. The van der Waals surface area contributed by atoms with Crippen molar-refractivity contribution in [3.8, 4) is 5.75 Å². The highest BCUT2D eigenvalue weighted by molar-refractivity contribution is 6.37. The molecule has 0 aliphatic rings. The monoisotopic (exact) mass is 430 g/mol. The van der Waals surface area contributed by atoms with Crippen LogP contribution in [0.5, 0.6) is 5.75 Å². The van der Waals surface area contributed by atoms with Crippen molar-refractivity contribution < 1.29 is 28.2 Å². The molecule has 0 aliphatic heterocycles. The number of benzene rings is 2. The van der Waals surface area contributed by atoms with Crippen LogP contribution in [0.25, 0.3) is 5.76 Å². The van der Waals surface area contributed by atoms with Crippen molar-refractivity contribution in [3.05, 3.63) is 63.8 Å². The molecule has 28 heavy (non-hydrogen) atoms. The summed E-state index contributed by atoms with van der Waals surface area (Å²) in [5, 5.41) is 18.2. The summed E-state index contributed by atoms with van der Waals surface area (Å²) >= 11 is 12.1. The van der Waals surface area contributed by atoms with Gasteiger partial charge in [-0.25, -0.2) is 4.79 Å². The molecule has 0 spiro atoms. The maximum atomic E-state index is 12.2. The quantitative estimate of drug-likeness (QED) is 0.246. The van der Waals surface area contributed by atoms with E-state index < -0.39 is 24.0 Å². The van der Waals surface area contributed by atoms with Crippen molar-refractivity contribution in [2.75, 3.05) is 6.61 Å². The zero-order valence-electron chi connectivity index (χ0n) is 14.4. The Morgan fingerprint density at radius 1 is 1.14 bits per heavy atom. The van der Waals surface area contributed by atoms with Gasteiger partial charge in [0.15, 0.2) is 5.76 Å². The third-order valence-electron chi connectivity index (χ3n) is 3.22. The zero-order valence-corrected chi connectivity index (χ0v) is 15.9. The molecule has 10 heteroatoms. The molecule has 0 amide bonds. The van der Waals surface area contributed by atoms with Gasteiger partial charge in [0.05, 0.1) is 27.9 Å². The van der Waals surface area contributed by atoms with E-state index in [-0.39, 0.29) is 33.7 Å². The maximum Gasteiger partial charge on any atom is 0.387 e. The van der Waals surface area contributed by atoms with Crippen LogP contribution in [0.3, 0.4) is 0 Å². The summed E-state index contributed by atoms with van der Waals surface area (Å²) in [6.07, 6.45) is 0. The van der Waals surface area contributed by atoms with Crippen LogP contribution in [-0.2, 0) is 9.53 Å². The number of ether oxygens (including phenoxy) is 2. The molecule has 0 radical (unpaired) electrons. The Morgan fingerprint density at radius 2 is 1.75 bits per heavy atom. The molecule has 0 aromatic heterocycles. The van der Waals surface area contributed by atoms with Gasteiger partial charge in [-0.3, -0.25) is 0 Å². The van der Waals surface area contributed by atoms with Crippen LogP contribution in [0.4, 0.5) is 14.5 Å². The van der Waals surface area contributed by atoms with Gasteiger partial charge in [-0.2, -0.15) is 13.9 Å². The highest BCUT2D eigenvalue weighted by atomic mass is 35.5. The summed E-state index contributed by atoms with van der Waals surface area (Å²) in [5.41, 5.74) is -0.320. The Hall–Kier alpha value is -2.71. The normalized spacial score (nSPS) is 12.2. The van der Waals surface area contributed by atoms with Crippen molar-refractivity contribution in [3.63, 3.8) is 0 Å². The molecule has 1 N–H and O–H groups in total. The number of halogens is 4. The van der Waals surface area contributed by atoms with Crippen LogP contribution in [0, 0.1) is 0 Å². The predicted octanol–water partition coefficient (Wildman–Crippen LogP) is 6.17. The largest absolute Gasteiger partial charge is 0.505 e. The van der Waals surface area contributed by atoms with Gasteiger partial charge >= 0.3 is 12.6 Å². The summed E-state index contributed by atoms with van der Waals surface area (Å²) in [7, 11) is 0. The first kappa shape index (κ1) is 21.6. The number of rotatable bonds is 7. The lowest BCUT2D eigenvalue weighted by Crippen LogP contribution is -2.08. The number of esters is 1. The summed E-state index contributed by atoms with van der Waals surface area (Å²) < 4.78 is 33.5. The van der Waals surface area contributed by atoms with Crippen molar-refractivity contribution >= 4 is 40.6 Å². The lowest BCUT2D eigenvalue weighted by atomic mass is 10.1. The molecule has 0 aliphatic carbocycles. The Bertz CT molecular complexity index is 883. The van der Waals surface area contributed by atoms with Gasteiger partial charge in [-0.15, -0.1) is 5.11 Å². The second-order valence-corrected chi connectivity index (χ2v) is 5.90. The number of hydrogen-bond acceptors (Lipinski definition) is 6. The SMILES string of the molecule is CCOC(=O)/C(N=Nc1ccc(OC(F)F)cc1)=C(\O)c1c(Cl)cccc1Cl. The molecule has 0 bridgehead atoms. The highest BCUT2D eigenvalue weighted by Gasteiger charge is 2.22. The van der Waals surface area contributed by atoms with E-state index in [9.17, 15) is 18.7 Å². The average molecular weight is 431 g/mol. The van der Waals surface area contributed by atoms with Gasteiger partial charge in [0.25, 0.3) is 0 Å². The molecular formula is C18H14Cl2F2N2O4. The Kier molecular flexibility index (Phi) is 7.71. The van der Waals surface area contributed by atoms with E-state index in [1.807, 2.05) is 0 Å². The number of aliphatic hydroxyl groups is 1.